The monoisotopic (exact) mass is 449 g/mol. The Morgan fingerprint density at radius 3 is 2.45 bits per heavy atom. The van der Waals surface area contributed by atoms with Crippen LogP contribution >= 0.6 is 12.4 Å². The molecule has 2 heterocycles. The summed E-state index contributed by atoms with van der Waals surface area (Å²) in [6.07, 6.45) is 7.92. The number of carbonyl (C=O) groups excluding carboxylic acids is 2. The maximum Gasteiger partial charge on any atom is 0.254 e. The fourth-order valence-corrected chi connectivity index (χ4v) is 3.90. The highest BCUT2D eigenvalue weighted by atomic mass is 35.5. The molecule has 3 N–H and O–H groups in total. The van der Waals surface area contributed by atoms with E-state index in [1.165, 1.54) is 11.1 Å². The van der Waals surface area contributed by atoms with Crippen molar-refractivity contribution in [1.82, 2.24) is 9.80 Å². The lowest BCUT2D eigenvalue weighted by Gasteiger charge is -2.35. The molecular weight excluding hydrogens is 414 g/mol. The van der Waals surface area contributed by atoms with Gasteiger partial charge in [0.05, 0.1) is 0 Å². The number of anilines is 1. The molecule has 0 spiro atoms. The molecule has 0 aromatic heterocycles. The normalized spacial score (nSPS) is 16.4. The van der Waals surface area contributed by atoms with E-state index in [9.17, 15) is 9.59 Å². The van der Waals surface area contributed by atoms with Crippen molar-refractivity contribution in [3.8, 4) is 0 Å². The molecule has 1 aromatic carbocycles. The van der Waals surface area contributed by atoms with Crippen molar-refractivity contribution < 1.29 is 15.1 Å². The topological polar surface area (TPSA) is 84.2 Å². The third-order valence-corrected chi connectivity index (χ3v) is 5.73. The van der Waals surface area contributed by atoms with E-state index in [0.29, 0.717) is 12.8 Å². The Morgan fingerprint density at radius 2 is 1.77 bits per heavy atom. The number of benzene rings is 1. The number of halogens is 1. The van der Waals surface area contributed by atoms with Gasteiger partial charge < -0.3 is 15.7 Å². The van der Waals surface area contributed by atoms with Crippen molar-refractivity contribution in [2.75, 3.05) is 38.0 Å². The lowest BCUT2D eigenvalue weighted by atomic mass is 9.96. The lowest BCUT2D eigenvalue weighted by molar-refractivity contribution is -0.116. The van der Waals surface area contributed by atoms with Gasteiger partial charge in [-0.15, -0.1) is 12.4 Å². The summed E-state index contributed by atoms with van der Waals surface area (Å²) in [6, 6.07) is 5.63. The molecule has 1 aromatic rings. The van der Waals surface area contributed by atoms with Crippen molar-refractivity contribution in [1.29, 1.82) is 0 Å². The van der Waals surface area contributed by atoms with E-state index in [0.717, 1.165) is 62.4 Å². The van der Waals surface area contributed by atoms with Gasteiger partial charge in [0.25, 0.3) is 5.91 Å². The summed E-state index contributed by atoms with van der Waals surface area (Å²) in [5.41, 5.74) is 5.32. The van der Waals surface area contributed by atoms with Crippen LogP contribution in [0.3, 0.4) is 0 Å². The first-order chi connectivity index (χ1) is 13.9. The van der Waals surface area contributed by atoms with Crippen LogP contribution in [-0.2, 0) is 11.2 Å². The van der Waals surface area contributed by atoms with E-state index in [4.69, 9.17) is 0 Å². The van der Waals surface area contributed by atoms with Crippen LogP contribution in [0.2, 0.25) is 0 Å². The summed E-state index contributed by atoms with van der Waals surface area (Å²) in [4.78, 5) is 29.1. The molecule has 3 rings (SSSR count). The molecule has 7 heteroatoms. The van der Waals surface area contributed by atoms with Gasteiger partial charge in [0.15, 0.2) is 0 Å². The van der Waals surface area contributed by atoms with E-state index >= 15 is 0 Å². The van der Waals surface area contributed by atoms with Crippen molar-refractivity contribution in [2.45, 2.75) is 46.5 Å². The maximum atomic E-state index is 13.1. The number of fused-ring (bicyclic) bond motifs is 1. The molecule has 172 valence electrons. The Morgan fingerprint density at radius 1 is 1.06 bits per heavy atom. The average Bonchev–Trinajstić information content (AvgIpc) is 2.71. The molecule has 0 atom stereocenters. The van der Waals surface area contributed by atoms with Crippen LogP contribution in [0, 0.1) is 0 Å². The molecule has 0 saturated carbocycles. The van der Waals surface area contributed by atoms with Gasteiger partial charge in [-0.2, -0.15) is 0 Å². The first-order valence-electron chi connectivity index (χ1n) is 10.7. The number of carbonyl (C=O) groups is 2. The molecule has 31 heavy (non-hydrogen) atoms. The molecule has 0 bridgehead atoms. The van der Waals surface area contributed by atoms with Gasteiger partial charge in [-0.25, -0.2) is 0 Å². The zero-order chi connectivity index (χ0) is 20.8. The smallest absolute Gasteiger partial charge is 0.254 e. The van der Waals surface area contributed by atoms with Crippen molar-refractivity contribution in [3.63, 3.8) is 0 Å². The second-order valence-electron chi connectivity index (χ2n) is 8.34. The molecule has 1 fully saturated rings. The van der Waals surface area contributed by atoms with E-state index in [2.05, 4.69) is 43.1 Å². The zero-order valence-corrected chi connectivity index (χ0v) is 19.7. The quantitative estimate of drug-likeness (QED) is 0.673. The van der Waals surface area contributed by atoms with Crippen LogP contribution < -0.4 is 5.32 Å². The number of rotatable bonds is 6. The highest BCUT2D eigenvalue weighted by Gasteiger charge is 2.26. The third-order valence-electron chi connectivity index (χ3n) is 5.73. The van der Waals surface area contributed by atoms with Gasteiger partial charge in [-0.3, -0.25) is 14.5 Å². The first kappa shape index (κ1) is 26.9. The van der Waals surface area contributed by atoms with E-state index in [1.54, 1.807) is 0 Å². The summed E-state index contributed by atoms with van der Waals surface area (Å²) >= 11 is 0. The highest BCUT2D eigenvalue weighted by Crippen LogP contribution is 2.27. The maximum absolute atomic E-state index is 13.1. The molecule has 1 saturated heterocycles. The van der Waals surface area contributed by atoms with E-state index in [1.807, 2.05) is 23.1 Å². The molecule has 2 aliphatic rings. The number of hydrogen-bond acceptors (Lipinski definition) is 3. The van der Waals surface area contributed by atoms with Crippen molar-refractivity contribution in [2.24, 2.45) is 0 Å². The van der Waals surface area contributed by atoms with Gasteiger partial charge in [-0.1, -0.05) is 29.4 Å². The number of piperazine rings is 1. The van der Waals surface area contributed by atoms with Gasteiger partial charge in [0, 0.05) is 50.4 Å². The largest absolute Gasteiger partial charge is 0.412 e. The molecule has 2 amide bonds. The van der Waals surface area contributed by atoms with Crippen molar-refractivity contribution in [3.05, 3.63) is 52.6 Å². The number of allylic oxidation sites excluding steroid dienone is 3. The number of amides is 2. The van der Waals surface area contributed by atoms with Crippen LogP contribution in [0.4, 0.5) is 5.69 Å². The van der Waals surface area contributed by atoms with Gasteiger partial charge in [0.2, 0.25) is 5.91 Å². The molecule has 0 radical (unpaired) electrons. The van der Waals surface area contributed by atoms with Crippen LogP contribution in [0.5, 0.6) is 0 Å². The van der Waals surface area contributed by atoms with E-state index in [-0.39, 0.29) is 29.7 Å². The standard InChI is InChI=1S/C24H33N3O2.ClH.H2O/c1-18(2)6-4-7-19(3)12-13-26-14-16-27(17-15-26)24(29)21-8-5-9-22-20(21)10-11-23(28)25-22;;/h5-6,8-9,12H,4,7,10-11,13-17H2,1-3H3,(H,25,28);1H;1H2/b19-12+;;. The molecule has 6 nitrogen and oxygen atoms in total. The summed E-state index contributed by atoms with van der Waals surface area (Å²) in [6.45, 7) is 10.7. The molecular formula is C24H36ClN3O3. The van der Waals surface area contributed by atoms with Gasteiger partial charge in [-0.05, 0) is 57.7 Å². The molecule has 0 unspecified atom stereocenters. The second kappa shape index (κ2) is 12.6. The second-order valence-corrected chi connectivity index (χ2v) is 8.34. The van der Waals surface area contributed by atoms with E-state index < -0.39 is 0 Å². The highest BCUT2D eigenvalue weighted by molar-refractivity contribution is 6.01. The fraction of sp³-hybridized carbons (Fsp3) is 0.500. The molecule has 0 aliphatic carbocycles. The fourth-order valence-electron chi connectivity index (χ4n) is 3.90. The van der Waals surface area contributed by atoms with Crippen LogP contribution in [0.15, 0.2) is 41.5 Å². The Kier molecular flexibility index (Phi) is 11.0. The molecule has 2 aliphatic heterocycles. The Bertz CT molecular complexity index is 823. The summed E-state index contributed by atoms with van der Waals surface area (Å²) in [7, 11) is 0. The minimum absolute atomic E-state index is 0. The predicted octanol–water partition coefficient (Wildman–Crippen LogP) is 3.62. The summed E-state index contributed by atoms with van der Waals surface area (Å²) < 4.78 is 0. The minimum Gasteiger partial charge on any atom is -0.412 e. The van der Waals surface area contributed by atoms with Gasteiger partial charge in [0.1, 0.15) is 0 Å². The first-order valence-corrected chi connectivity index (χ1v) is 10.7. The average molecular weight is 450 g/mol. The lowest BCUT2D eigenvalue weighted by Crippen LogP contribution is -2.48. The zero-order valence-electron chi connectivity index (χ0n) is 18.9. The van der Waals surface area contributed by atoms with Crippen LogP contribution in [-0.4, -0.2) is 59.8 Å². The van der Waals surface area contributed by atoms with Gasteiger partial charge >= 0.3 is 0 Å². The SMILES string of the molecule is CC(C)=CCC/C(C)=C/CN1CCN(C(=O)c2cccc3c2CCC(=O)N3)CC1.Cl.O. The third kappa shape index (κ3) is 7.49. The van der Waals surface area contributed by atoms with Crippen LogP contribution in [0.25, 0.3) is 0 Å². The predicted molar refractivity (Wildman–Crippen MR) is 129 cm³/mol. The van der Waals surface area contributed by atoms with Crippen LogP contribution in [0.1, 0.15) is 56.0 Å². The number of nitrogens with one attached hydrogen (secondary N) is 1. The van der Waals surface area contributed by atoms with Crippen molar-refractivity contribution >= 4 is 29.9 Å². The number of hydrogen-bond donors (Lipinski definition) is 1. The Hall–Kier alpha value is -2.15. The number of nitrogens with zero attached hydrogens (tertiary/aromatic N) is 2. The Labute approximate surface area is 192 Å². The summed E-state index contributed by atoms with van der Waals surface area (Å²) in [5.74, 6) is 0.117. The Balaban J connectivity index is 0.00000240. The minimum atomic E-state index is 0. The summed E-state index contributed by atoms with van der Waals surface area (Å²) in [5, 5.41) is 2.89.